The van der Waals surface area contributed by atoms with Gasteiger partial charge in [-0.25, -0.2) is 24.4 Å². The van der Waals surface area contributed by atoms with Crippen molar-refractivity contribution in [3.8, 4) is 22.6 Å². The van der Waals surface area contributed by atoms with Crippen LogP contribution < -0.4 is 25.0 Å². The quantitative estimate of drug-likeness (QED) is 0.0157. The van der Waals surface area contributed by atoms with E-state index in [1.54, 1.807) is 18.3 Å². The van der Waals surface area contributed by atoms with Gasteiger partial charge in [0, 0.05) is 105 Å². The van der Waals surface area contributed by atoms with Gasteiger partial charge in [-0.2, -0.15) is 13.5 Å². The van der Waals surface area contributed by atoms with Crippen LogP contribution >= 0.6 is 11.3 Å². The summed E-state index contributed by atoms with van der Waals surface area (Å²) in [4.78, 5) is 102. The lowest BCUT2D eigenvalue weighted by atomic mass is 9.39. The van der Waals surface area contributed by atoms with Crippen molar-refractivity contribution in [1.82, 2.24) is 34.9 Å². The van der Waals surface area contributed by atoms with E-state index >= 15 is 0 Å². The number of aliphatic hydroxyl groups is 2. The number of pyridine rings is 1. The zero-order valence-electron chi connectivity index (χ0n) is 55.3. The number of fused-ring (bicyclic) bond motifs is 2. The molecular weight excluding hydrogens is 1340 g/mol. The molecule has 6 aromatic rings. The van der Waals surface area contributed by atoms with Crippen LogP contribution in [-0.4, -0.2) is 200 Å². The zero-order chi connectivity index (χ0) is 70.9. The number of nitrogens with zero attached hydrogens (tertiary/aromatic N) is 7. The largest absolute Gasteiger partial charge is 0.491 e. The third-order valence-electron chi connectivity index (χ3n) is 19.5. The van der Waals surface area contributed by atoms with Gasteiger partial charge in [-0.3, -0.25) is 38.6 Å². The average molecular weight is 1420 g/mol. The summed E-state index contributed by atoms with van der Waals surface area (Å²) in [6.45, 7) is 6.71. The second kappa shape index (κ2) is 29.0. The number of ether oxygens (including phenoxy) is 6. The van der Waals surface area contributed by atoms with Crippen molar-refractivity contribution in [2.45, 2.75) is 128 Å². The van der Waals surface area contributed by atoms with Gasteiger partial charge < -0.3 is 64.0 Å². The maximum absolute atomic E-state index is 14.1. The standard InChI is InChI=1S/C69H79N9O20S2/c1-41-47(45-13-14-53(73-58(45)62(85)86)76-20-17-42-7-6-8-46(48(42)32-76)61(84)74-64-72-49-9-4-5-10-52(49)99-64)31-71-78(41)40-68-35-66(2)34-67(3,36-68)38-69(37-66,39-68)96-25-22-75(23-28-100(90,91)92)65(89)95-33-43-11-12-44(97-57-30-50(79)59(83)60(98-57)63(87)88)29-51(43)94-27-26-93-24-19-70-54(80)18-21-77-55(81)15-16-56(77)82/h4-16,29,31,50,57,59-60,79,83H,17-28,30,32-40H2,1-3H3,(H,70,80)(H,85,86)(H,87,88)(H,72,74,84)(H,90,91,92)/t50-,57-,59+,60+,66?,67?,68?,69?/m1/s1. The van der Waals surface area contributed by atoms with E-state index in [1.165, 1.54) is 29.5 Å². The first kappa shape index (κ1) is 70.9. The van der Waals surface area contributed by atoms with Crippen LogP contribution in [0.3, 0.4) is 0 Å². The Hall–Kier alpha value is -8.95. The Morgan fingerprint density at radius 3 is 2.37 bits per heavy atom. The SMILES string of the molecule is Cc1c(-c2ccc(N3CCc4cccc(C(=O)Nc5nc6ccccc6s5)c4C3)nc2C(=O)O)cnn1CC12CC3(C)CC(C)(C1)CC(OCCN(CCS(=O)(=O)O)C(=O)OCc1ccc(O[C@H]4C[C@@H](O)[C@H](O)[C@@H](C(=O)O)O4)cc1OCCOCCNC(=O)CCN1C(=O)C=CC1=O)(C3)C2. The fraction of sp³-hybridized carbons (Fsp3) is 0.478. The first-order chi connectivity index (χ1) is 47.6. The number of benzene rings is 3. The molecule has 4 saturated carbocycles. The molecule has 0 spiro atoms. The van der Waals surface area contributed by atoms with E-state index in [2.05, 4.69) is 29.5 Å². The van der Waals surface area contributed by atoms with Gasteiger partial charge in [0.25, 0.3) is 27.8 Å². The summed E-state index contributed by atoms with van der Waals surface area (Å²) in [5.74, 6) is -4.62. The monoisotopic (exact) mass is 1420 g/mol. The van der Waals surface area contributed by atoms with Gasteiger partial charge in [0.1, 0.15) is 36.6 Å². The van der Waals surface area contributed by atoms with Crippen LogP contribution in [0.4, 0.5) is 15.7 Å². The molecule has 100 heavy (non-hydrogen) atoms. The van der Waals surface area contributed by atoms with Crippen molar-refractivity contribution < 1.29 is 95.4 Å². The molecule has 3 aromatic heterocycles. The summed E-state index contributed by atoms with van der Waals surface area (Å²) in [6.07, 6.45) is 1.65. The molecule has 2 unspecified atom stereocenters. The van der Waals surface area contributed by atoms with Crippen LogP contribution in [0.2, 0.25) is 0 Å². The van der Waals surface area contributed by atoms with Gasteiger partial charge in [-0.05, 0) is 122 Å². The molecule has 31 heteroatoms. The number of aromatic nitrogens is 4. The Morgan fingerprint density at radius 1 is 0.860 bits per heavy atom. The van der Waals surface area contributed by atoms with E-state index in [9.17, 15) is 67.0 Å². The molecule has 6 atom stereocenters. The number of aliphatic carboxylic acids is 1. The molecule has 4 aliphatic carbocycles. The topological polar surface area (TPSA) is 388 Å². The molecule has 6 heterocycles. The average Bonchev–Trinajstić information content (AvgIpc) is 0.767. The number of carboxylic acids is 2. The van der Waals surface area contributed by atoms with Gasteiger partial charge in [-0.15, -0.1) is 0 Å². The van der Waals surface area contributed by atoms with E-state index < -0.39 is 95.0 Å². The van der Waals surface area contributed by atoms with Crippen LogP contribution in [0.1, 0.15) is 108 Å². The van der Waals surface area contributed by atoms with Gasteiger partial charge in [-0.1, -0.05) is 49.4 Å². The lowest BCUT2D eigenvalue weighted by molar-refractivity contribution is -0.248. The number of imide groups is 1. The van der Waals surface area contributed by atoms with Crippen molar-refractivity contribution >= 4 is 84.3 Å². The summed E-state index contributed by atoms with van der Waals surface area (Å²) < 4.78 is 73.0. The van der Waals surface area contributed by atoms with Crippen molar-refractivity contribution in [2.75, 3.05) is 75.1 Å². The molecule has 3 aromatic carbocycles. The predicted molar refractivity (Wildman–Crippen MR) is 359 cm³/mol. The van der Waals surface area contributed by atoms with Crippen LogP contribution in [0.5, 0.6) is 11.5 Å². The molecular formula is C69H79N9O20S2. The normalized spacial score (nSPS) is 24.5. The number of rotatable bonds is 29. The number of thiazole rings is 1. The molecule has 13 rings (SSSR count). The highest BCUT2D eigenvalue weighted by Gasteiger charge is 2.66. The highest BCUT2D eigenvalue weighted by molar-refractivity contribution is 7.85. The highest BCUT2D eigenvalue weighted by Crippen LogP contribution is 2.72. The maximum atomic E-state index is 14.1. The minimum Gasteiger partial charge on any atom is -0.491 e. The third kappa shape index (κ3) is 16.1. The number of nitrogens with one attached hydrogen (secondary N) is 2. The van der Waals surface area contributed by atoms with Crippen LogP contribution in [0.15, 0.2) is 91.1 Å². The minimum absolute atomic E-state index is 0.0205. The Bertz CT molecular complexity index is 4240. The Morgan fingerprint density at radius 2 is 1.63 bits per heavy atom. The second-order valence-corrected chi connectivity index (χ2v) is 30.1. The van der Waals surface area contributed by atoms with Crippen molar-refractivity contribution in [3.63, 3.8) is 0 Å². The van der Waals surface area contributed by atoms with E-state index in [0.717, 1.165) is 81.1 Å². The lowest BCUT2D eigenvalue weighted by Crippen LogP contribution is -2.64. The lowest BCUT2D eigenvalue weighted by Gasteiger charge is -2.69. The van der Waals surface area contributed by atoms with Crippen molar-refractivity contribution in [3.05, 3.63) is 125 Å². The number of aromatic carboxylic acids is 1. The van der Waals surface area contributed by atoms with Crippen LogP contribution in [0, 0.1) is 23.2 Å². The van der Waals surface area contributed by atoms with Crippen molar-refractivity contribution in [1.29, 1.82) is 0 Å². The molecule has 7 N–H and O–H groups in total. The first-order valence-corrected chi connectivity index (χ1v) is 35.4. The third-order valence-corrected chi connectivity index (χ3v) is 21.1. The van der Waals surface area contributed by atoms with Crippen LogP contribution in [-0.2, 0) is 74.4 Å². The number of anilines is 2. The van der Waals surface area contributed by atoms with E-state index in [4.69, 9.17) is 38.5 Å². The molecule has 29 nitrogen and oxygen atoms in total. The van der Waals surface area contributed by atoms with E-state index in [0.29, 0.717) is 60.1 Å². The fourth-order valence-electron chi connectivity index (χ4n) is 16.2. The molecule has 7 aliphatic rings. The smallest absolute Gasteiger partial charge is 0.410 e. The molecule has 0 radical (unpaired) electrons. The number of hydrogen-bond donors (Lipinski definition) is 7. The van der Waals surface area contributed by atoms with Gasteiger partial charge in [0.15, 0.2) is 16.9 Å². The van der Waals surface area contributed by atoms with Gasteiger partial charge in [0.2, 0.25) is 12.2 Å². The number of aliphatic hydroxyl groups excluding tert-OH is 2. The number of hydrogen-bond acceptors (Lipinski definition) is 22. The first-order valence-electron chi connectivity index (χ1n) is 33.0. The summed E-state index contributed by atoms with van der Waals surface area (Å²) in [6, 6.07) is 21.2. The van der Waals surface area contributed by atoms with Gasteiger partial charge in [0.05, 0.1) is 53.7 Å². The summed E-state index contributed by atoms with van der Waals surface area (Å²) in [5, 5.41) is 52.1. The van der Waals surface area contributed by atoms with Crippen molar-refractivity contribution in [2.24, 2.45) is 16.2 Å². The number of carbonyl (C=O) groups excluding carboxylic acids is 5. The Balaban J connectivity index is 0.694. The Kier molecular flexibility index (Phi) is 20.5. The van der Waals surface area contributed by atoms with E-state index in [-0.39, 0.29) is 104 Å². The molecule has 5 fully saturated rings. The zero-order valence-corrected chi connectivity index (χ0v) is 57.0. The maximum Gasteiger partial charge on any atom is 0.410 e. The molecule has 4 bridgehead atoms. The van der Waals surface area contributed by atoms with Crippen LogP contribution in [0.25, 0.3) is 21.3 Å². The molecule has 5 amide bonds. The second-order valence-electron chi connectivity index (χ2n) is 27.5. The van der Waals surface area contributed by atoms with Gasteiger partial charge >= 0.3 is 18.0 Å². The summed E-state index contributed by atoms with van der Waals surface area (Å²) in [5.41, 5.74) is 3.78. The number of carbonyl (C=O) groups is 7. The summed E-state index contributed by atoms with van der Waals surface area (Å²) in [7, 11) is -4.57. The van der Waals surface area contributed by atoms with E-state index in [1.807, 2.05) is 59.0 Å². The fourth-order valence-corrected chi connectivity index (χ4v) is 17.5. The number of carboxylic acid groups (broad SMARTS) is 2. The Labute approximate surface area is 579 Å². The molecule has 1 saturated heterocycles. The number of amides is 5. The summed E-state index contributed by atoms with van der Waals surface area (Å²) >= 11 is 1.39. The molecule has 3 aliphatic heterocycles. The highest BCUT2D eigenvalue weighted by atomic mass is 32.2. The predicted octanol–water partition coefficient (Wildman–Crippen LogP) is 6.17. The minimum atomic E-state index is -4.57. The molecule has 532 valence electrons. The number of para-hydroxylation sites is 1.